The van der Waals surface area contributed by atoms with Gasteiger partial charge in [-0.15, -0.1) is 0 Å². The van der Waals surface area contributed by atoms with Gasteiger partial charge in [0.25, 0.3) is 0 Å². The Kier molecular flexibility index (Phi) is 1.52. The highest BCUT2D eigenvalue weighted by Gasteiger charge is 2.48. The van der Waals surface area contributed by atoms with Gasteiger partial charge in [0.15, 0.2) is 0 Å². The number of aliphatic hydroxyl groups is 1. The molecule has 3 aliphatic rings. The Morgan fingerprint density at radius 2 is 1.42 bits per heavy atom. The molecule has 3 saturated carbocycles. The van der Waals surface area contributed by atoms with E-state index in [4.69, 9.17) is 0 Å². The lowest BCUT2D eigenvalue weighted by atomic mass is 9.83. The third-order valence-electron chi connectivity index (χ3n) is 4.59. The summed E-state index contributed by atoms with van der Waals surface area (Å²) in [6.07, 6.45) is 8.16. The zero-order valence-electron chi connectivity index (χ0n) is 7.58. The smallest absolute Gasteiger partial charge is 0.0545 e. The van der Waals surface area contributed by atoms with Crippen molar-refractivity contribution >= 4 is 0 Å². The standard InChI is InChI=1S/C11H18O/c12-9-5-7-4-8(6-9)11-3-1-2-10(7)11/h7-12H,1-6H2/t7-,8+,9?,10-,11+. The lowest BCUT2D eigenvalue weighted by molar-refractivity contribution is 0.0867. The van der Waals surface area contributed by atoms with Crippen LogP contribution in [0.15, 0.2) is 0 Å². The molecule has 68 valence electrons. The molecule has 1 N–H and O–H groups in total. The summed E-state index contributed by atoms with van der Waals surface area (Å²) >= 11 is 0. The van der Waals surface area contributed by atoms with E-state index in [0.29, 0.717) is 0 Å². The molecular formula is C11H18O. The maximum Gasteiger partial charge on any atom is 0.0545 e. The summed E-state index contributed by atoms with van der Waals surface area (Å²) in [6.45, 7) is 0. The predicted octanol–water partition coefficient (Wildman–Crippen LogP) is 2.19. The number of hydrogen-bond acceptors (Lipinski definition) is 1. The van der Waals surface area contributed by atoms with Crippen molar-refractivity contribution in [2.24, 2.45) is 23.7 Å². The van der Waals surface area contributed by atoms with Crippen molar-refractivity contribution in [3.8, 4) is 0 Å². The van der Waals surface area contributed by atoms with Crippen molar-refractivity contribution in [1.29, 1.82) is 0 Å². The Morgan fingerprint density at radius 1 is 0.833 bits per heavy atom. The number of aliphatic hydroxyl groups excluding tert-OH is 1. The van der Waals surface area contributed by atoms with Gasteiger partial charge < -0.3 is 5.11 Å². The molecule has 0 aromatic carbocycles. The Labute approximate surface area is 74.2 Å². The fraction of sp³-hybridized carbons (Fsp3) is 1.00. The number of hydrogen-bond donors (Lipinski definition) is 1. The number of fused-ring (bicyclic) bond motifs is 5. The molecule has 0 spiro atoms. The van der Waals surface area contributed by atoms with E-state index >= 15 is 0 Å². The summed E-state index contributed by atoms with van der Waals surface area (Å²) in [7, 11) is 0. The van der Waals surface area contributed by atoms with E-state index in [1.807, 2.05) is 0 Å². The van der Waals surface area contributed by atoms with Crippen LogP contribution in [-0.2, 0) is 0 Å². The highest BCUT2D eigenvalue weighted by Crippen LogP contribution is 2.56. The Bertz CT molecular complexity index is 167. The third-order valence-corrected chi connectivity index (χ3v) is 4.59. The molecule has 1 heteroatoms. The molecule has 0 aliphatic heterocycles. The fourth-order valence-electron chi connectivity index (χ4n) is 4.26. The molecule has 3 rings (SSSR count). The minimum absolute atomic E-state index is 0.0550. The molecule has 0 radical (unpaired) electrons. The normalized spacial score (nSPS) is 57.2. The van der Waals surface area contributed by atoms with Crippen molar-refractivity contribution in [3.63, 3.8) is 0 Å². The van der Waals surface area contributed by atoms with E-state index in [1.54, 1.807) is 0 Å². The van der Waals surface area contributed by atoms with Crippen molar-refractivity contribution in [2.45, 2.75) is 44.6 Å². The molecular weight excluding hydrogens is 148 g/mol. The topological polar surface area (TPSA) is 20.2 Å². The van der Waals surface area contributed by atoms with Crippen LogP contribution in [0.3, 0.4) is 0 Å². The van der Waals surface area contributed by atoms with E-state index in [-0.39, 0.29) is 6.10 Å². The van der Waals surface area contributed by atoms with Gasteiger partial charge in [-0.2, -0.15) is 0 Å². The minimum atomic E-state index is 0.0550. The molecule has 1 unspecified atom stereocenters. The highest BCUT2D eigenvalue weighted by molar-refractivity contribution is 4.98. The molecule has 3 fully saturated rings. The Morgan fingerprint density at radius 3 is 2.00 bits per heavy atom. The molecule has 0 heterocycles. The van der Waals surface area contributed by atoms with Crippen LogP contribution in [0, 0.1) is 23.7 Å². The number of rotatable bonds is 0. The van der Waals surface area contributed by atoms with Crippen LogP contribution in [0.2, 0.25) is 0 Å². The minimum Gasteiger partial charge on any atom is -0.393 e. The molecule has 1 nitrogen and oxygen atoms in total. The van der Waals surface area contributed by atoms with Gasteiger partial charge in [0, 0.05) is 0 Å². The zero-order valence-corrected chi connectivity index (χ0v) is 7.58. The van der Waals surface area contributed by atoms with Crippen LogP contribution < -0.4 is 0 Å². The van der Waals surface area contributed by atoms with Crippen LogP contribution in [0.25, 0.3) is 0 Å². The Hall–Kier alpha value is -0.0400. The SMILES string of the molecule is OC1C[C@H]2C[C@@H](C1)[C@@H]1CCC[C@H]21. The molecule has 0 saturated heterocycles. The van der Waals surface area contributed by atoms with Gasteiger partial charge in [0.2, 0.25) is 0 Å². The molecule has 5 atom stereocenters. The second kappa shape index (κ2) is 2.47. The first-order chi connectivity index (χ1) is 5.84. The molecule has 12 heavy (non-hydrogen) atoms. The van der Waals surface area contributed by atoms with Gasteiger partial charge in [-0.3, -0.25) is 0 Å². The molecule has 3 aliphatic carbocycles. The third kappa shape index (κ3) is 0.891. The molecule has 0 aromatic heterocycles. The highest BCUT2D eigenvalue weighted by atomic mass is 16.3. The largest absolute Gasteiger partial charge is 0.393 e. The zero-order chi connectivity index (χ0) is 8.13. The van der Waals surface area contributed by atoms with E-state index in [0.717, 1.165) is 36.5 Å². The van der Waals surface area contributed by atoms with Gasteiger partial charge in [0.05, 0.1) is 6.10 Å². The van der Waals surface area contributed by atoms with Crippen LogP contribution in [-0.4, -0.2) is 11.2 Å². The van der Waals surface area contributed by atoms with Crippen LogP contribution in [0.5, 0.6) is 0 Å². The van der Waals surface area contributed by atoms with Gasteiger partial charge >= 0.3 is 0 Å². The van der Waals surface area contributed by atoms with Crippen LogP contribution in [0.1, 0.15) is 38.5 Å². The summed E-state index contributed by atoms with van der Waals surface area (Å²) in [5, 5.41) is 9.65. The van der Waals surface area contributed by atoms with Crippen LogP contribution >= 0.6 is 0 Å². The average molecular weight is 166 g/mol. The van der Waals surface area contributed by atoms with Gasteiger partial charge in [0.1, 0.15) is 0 Å². The first kappa shape index (κ1) is 7.37. The summed E-state index contributed by atoms with van der Waals surface area (Å²) in [5.41, 5.74) is 0. The van der Waals surface area contributed by atoms with Gasteiger partial charge in [-0.1, -0.05) is 6.42 Å². The van der Waals surface area contributed by atoms with Crippen LogP contribution in [0.4, 0.5) is 0 Å². The first-order valence-electron chi connectivity index (χ1n) is 5.52. The quantitative estimate of drug-likeness (QED) is 0.585. The summed E-state index contributed by atoms with van der Waals surface area (Å²) in [4.78, 5) is 0. The van der Waals surface area contributed by atoms with Gasteiger partial charge in [-0.05, 0) is 55.8 Å². The average Bonchev–Trinajstić information content (AvgIpc) is 2.56. The summed E-state index contributed by atoms with van der Waals surface area (Å²) < 4.78 is 0. The van der Waals surface area contributed by atoms with Crippen molar-refractivity contribution in [3.05, 3.63) is 0 Å². The van der Waals surface area contributed by atoms with Crippen molar-refractivity contribution < 1.29 is 5.11 Å². The van der Waals surface area contributed by atoms with Crippen molar-refractivity contribution in [2.75, 3.05) is 0 Å². The monoisotopic (exact) mass is 166 g/mol. The molecule has 2 bridgehead atoms. The maximum absolute atomic E-state index is 9.65. The second-order valence-corrected chi connectivity index (χ2v) is 5.14. The Balaban J connectivity index is 1.86. The first-order valence-corrected chi connectivity index (χ1v) is 5.52. The predicted molar refractivity (Wildman–Crippen MR) is 47.7 cm³/mol. The summed E-state index contributed by atoms with van der Waals surface area (Å²) in [6, 6.07) is 0. The van der Waals surface area contributed by atoms with E-state index in [9.17, 15) is 5.11 Å². The van der Waals surface area contributed by atoms with E-state index < -0.39 is 0 Å². The molecule has 0 aromatic rings. The maximum atomic E-state index is 9.65. The summed E-state index contributed by atoms with van der Waals surface area (Å²) in [5.74, 6) is 3.86. The lowest BCUT2D eigenvalue weighted by Crippen LogP contribution is -2.22. The second-order valence-electron chi connectivity index (χ2n) is 5.14. The lowest BCUT2D eigenvalue weighted by Gasteiger charge is -2.25. The van der Waals surface area contributed by atoms with E-state index in [2.05, 4.69) is 0 Å². The fourth-order valence-corrected chi connectivity index (χ4v) is 4.26. The molecule has 0 amide bonds. The van der Waals surface area contributed by atoms with Crippen molar-refractivity contribution in [1.82, 2.24) is 0 Å². The van der Waals surface area contributed by atoms with E-state index in [1.165, 1.54) is 25.7 Å². The van der Waals surface area contributed by atoms with Gasteiger partial charge in [-0.25, -0.2) is 0 Å².